The van der Waals surface area contributed by atoms with Gasteiger partial charge in [0.25, 0.3) is 5.91 Å². The van der Waals surface area contributed by atoms with Crippen LogP contribution in [0.3, 0.4) is 0 Å². The Morgan fingerprint density at radius 2 is 2.05 bits per heavy atom. The SMILES string of the molecule is O=C(Nc1cccc(Cl)c1C(=O)O)c1sccc1Br. The average Bonchev–Trinajstić information content (AvgIpc) is 2.75. The summed E-state index contributed by atoms with van der Waals surface area (Å²) < 4.78 is 0.661. The fraction of sp³-hybridized carbons (Fsp3) is 0. The molecule has 7 heteroatoms. The Kier molecular flexibility index (Phi) is 4.24. The minimum Gasteiger partial charge on any atom is -0.478 e. The molecule has 1 aromatic carbocycles. The summed E-state index contributed by atoms with van der Waals surface area (Å²) in [4.78, 5) is 23.6. The highest BCUT2D eigenvalue weighted by Gasteiger charge is 2.18. The van der Waals surface area contributed by atoms with E-state index in [4.69, 9.17) is 16.7 Å². The maximum Gasteiger partial charge on any atom is 0.339 e. The first-order valence-electron chi connectivity index (χ1n) is 5.07. The molecule has 0 aliphatic rings. The Bertz CT molecular complexity index is 656. The smallest absolute Gasteiger partial charge is 0.339 e. The molecule has 1 heterocycles. The van der Waals surface area contributed by atoms with Gasteiger partial charge in [-0.3, -0.25) is 4.79 Å². The fourth-order valence-corrected chi connectivity index (χ4v) is 3.18. The number of thiophene rings is 1. The predicted octanol–water partition coefficient (Wildman–Crippen LogP) is 4.11. The molecular formula is C12H7BrClNO3S. The molecule has 2 rings (SSSR count). The van der Waals surface area contributed by atoms with E-state index >= 15 is 0 Å². The maximum atomic E-state index is 12.0. The third kappa shape index (κ3) is 2.97. The molecule has 4 nitrogen and oxygen atoms in total. The van der Waals surface area contributed by atoms with Crippen LogP contribution in [0.2, 0.25) is 5.02 Å². The molecule has 0 aliphatic carbocycles. The molecule has 0 saturated heterocycles. The molecule has 0 aliphatic heterocycles. The van der Waals surface area contributed by atoms with Gasteiger partial charge in [0.15, 0.2) is 0 Å². The Hall–Kier alpha value is -1.37. The molecule has 0 bridgehead atoms. The van der Waals surface area contributed by atoms with E-state index in [1.54, 1.807) is 17.5 Å². The lowest BCUT2D eigenvalue weighted by atomic mass is 10.1. The first kappa shape index (κ1) is 14.0. The van der Waals surface area contributed by atoms with Crippen molar-refractivity contribution in [3.63, 3.8) is 0 Å². The van der Waals surface area contributed by atoms with Crippen LogP contribution >= 0.6 is 38.9 Å². The minimum atomic E-state index is -1.19. The Morgan fingerprint density at radius 3 is 2.63 bits per heavy atom. The van der Waals surface area contributed by atoms with Crippen LogP contribution in [0.1, 0.15) is 20.0 Å². The number of anilines is 1. The van der Waals surface area contributed by atoms with Gasteiger partial charge < -0.3 is 10.4 Å². The second-order valence-electron chi connectivity index (χ2n) is 3.52. The van der Waals surface area contributed by atoms with Crippen molar-refractivity contribution in [2.75, 3.05) is 5.32 Å². The van der Waals surface area contributed by atoms with Crippen LogP contribution in [-0.4, -0.2) is 17.0 Å². The Balaban J connectivity index is 2.35. The number of aromatic carboxylic acids is 1. The lowest BCUT2D eigenvalue weighted by Gasteiger charge is -2.09. The Morgan fingerprint density at radius 1 is 1.32 bits per heavy atom. The fourth-order valence-electron chi connectivity index (χ4n) is 1.48. The summed E-state index contributed by atoms with van der Waals surface area (Å²) in [5.74, 6) is -1.57. The largest absolute Gasteiger partial charge is 0.478 e. The number of amides is 1. The summed E-state index contributed by atoms with van der Waals surface area (Å²) in [6.07, 6.45) is 0. The van der Waals surface area contributed by atoms with Crippen molar-refractivity contribution >= 4 is 56.4 Å². The van der Waals surface area contributed by atoms with Crippen molar-refractivity contribution in [1.29, 1.82) is 0 Å². The van der Waals surface area contributed by atoms with Gasteiger partial charge in [-0.05, 0) is 39.5 Å². The standard InChI is InChI=1S/C12H7BrClNO3S/c13-6-4-5-19-10(6)11(16)15-8-3-1-2-7(14)9(8)12(17)18/h1-5H,(H,15,16)(H,17,18). The average molecular weight is 361 g/mol. The number of hydrogen-bond donors (Lipinski definition) is 2. The molecule has 0 saturated carbocycles. The van der Waals surface area contributed by atoms with Gasteiger partial charge in [0.1, 0.15) is 10.4 Å². The van der Waals surface area contributed by atoms with Gasteiger partial charge in [-0.1, -0.05) is 17.7 Å². The van der Waals surface area contributed by atoms with Crippen LogP contribution in [-0.2, 0) is 0 Å². The number of carbonyl (C=O) groups is 2. The summed E-state index contributed by atoms with van der Waals surface area (Å²) in [5.41, 5.74) is 0.0514. The van der Waals surface area contributed by atoms with Gasteiger partial charge in [-0.15, -0.1) is 11.3 Å². The van der Waals surface area contributed by atoms with Crippen molar-refractivity contribution in [2.45, 2.75) is 0 Å². The van der Waals surface area contributed by atoms with E-state index in [0.717, 1.165) is 0 Å². The monoisotopic (exact) mass is 359 g/mol. The molecule has 1 aromatic heterocycles. The van der Waals surface area contributed by atoms with Crippen LogP contribution in [0.15, 0.2) is 34.1 Å². The highest BCUT2D eigenvalue weighted by Crippen LogP contribution is 2.27. The Labute approximate surface area is 126 Å². The van der Waals surface area contributed by atoms with Gasteiger partial charge >= 0.3 is 5.97 Å². The molecule has 98 valence electrons. The normalized spacial score (nSPS) is 10.2. The molecule has 0 radical (unpaired) electrons. The topological polar surface area (TPSA) is 66.4 Å². The zero-order valence-corrected chi connectivity index (χ0v) is 12.5. The third-order valence-corrected chi connectivity index (χ3v) is 4.45. The number of benzene rings is 1. The minimum absolute atomic E-state index is 0.0792. The molecule has 0 fully saturated rings. The first-order chi connectivity index (χ1) is 9.00. The predicted molar refractivity (Wildman–Crippen MR) is 78.4 cm³/mol. The quantitative estimate of drug-likeness (QED) is 0.865. The summed E-state index contributed by atoms with van der Waals surface area (Å²) >= 11 is 10.3. The van der Waals surface area contributed by atoms with Crippen LogP contribution in [0, 0.1) is 0 Å². The molecule has 0 spiro atoms. The molecule has 19 heavy (non-hydrogen) atoms. The number of carboxylic acids is 1. The van der Waals surface area contributed by atoms with E-state index in [1.807, 2.05) is 0 Å². The lowest BCUT2D eigenvalue weighted by molar-refractivity contribution is 0.0698. The van der Waals surface area contributed by atoms with Crippen molar-refractivity contribution in [3.8, 4) is 0 Å². The van der Waals surface area contributed by atoms with E-state index < -0.39 is 5.97 Å². The first-order valence-corrected chi connectivity index (χ1v) is 7.12. The van der Waals surface area contributed by atoms with Gasteiger partial charge in [-0.25, -0.2) is 4.79 Å². The molecule has 0 unspecified atom stereocenters. The summed E-state index contributed by atoms with van der Waals surface area (Å²) in [6, 6.07) is 6.28. The third-order valence-electron chi connectivity index (χ3n) is 2.30. The number of hydrogen-bond acceptors (Lipinski definition) is 3. The molecular weight excluding hydrogens is 354 g/mol. The summed E-state index contributed by atoms with van der Waals surface area (Å²) in [7, 11) is 0. The van der Waals surface area contributed by atoms with Crippen LogP contribution < -0.4 is 5.32 Å². The number of halogens is 2. The number of rotatable bonds is 3. The maximum absolute atomic E-state index is 12.0. The lowest BCUT2D eigenvalue weighted by Crippen LogP contribution is -2.14. The van der Waals surface area contributed by atoms with Crippen LogP contribution in [0.5, 0.6) is 0 Å². The number of carboxylic acid groups (broad SMARTS) is 1. The molecule has 2 aromatic rings. The van der Waals surface area contributed by atoms with Gasteiger partial charge in [0.05, 0.1) is 10.7 Å². The van der Waals surface area contributed by atoms with Gasteiger partial charge in [0, 0.05) is 4.47 Å². The van der Waals surface area contributed by atoms with Crippen LogP contribution in [0.4, 0.5) is 5.69 Å². The zero-order valence-electron chi connectivity index (χ0n) is 9.31. The molecule has 0 atom stereocenters. The highest BCUT2D eigenvalue weighted by atomic mass is 79.9. The van der Waals surface area contributed by atoms with E-state index in [2.05, 4.69) is 21.2 Å². The van der Waals surface area contributed by atoms with Gasteiger partial charge in [0.2, 0.25) is 0 Å². The zero-order chi connectivity index (χ0) is 14.0. The number of nitrogens with one attached hydrogen (secondary N) is 1. The van der Waals surface area contributed by atoms with Crippen LogP contribution in [0.25, 0.3) is 0 Å². The van der Waals surface area contributed by atoms with E-state index in [1.165, 1.54) is 23.5 Å². The van der Waals surface area contributed by atoms with E-state index in [0.29, 0.717) is 9.35 Å². The second-order valence-corrected chi connectivity index (χ2v) is 5.70. The second kappa shape index (κ2) is 5.73. The van der Waals surface area contributed by atoms with Crippen molar-refractivity contribution < 1.29 is 14.7 Å². The number of carbonyl (C=O) groups excluding carboxylic acids is 1. The van der Waals surface area contributed by atoms with Crippen molar-refractivity contribution in [3.05, 3.63) is 49.6 Å². The van der Waals surface area contributed by atoms with Crippen molar-refractivity contribution in [2.24, 2.45) is 0 Å². The molecule has 2 N–H and O–H groups in total. The molecule has 1 amide bonds. The van der Waals surface area contributed by atoms with E-state index in [-0.39, 0.29) is 22.2 Å². The van der Waals surface area contributed by atoms with Gasteiger partial charge in [-0.2, -0.15) is 0 Å². The highest BCUT2D eigenvalue weighted by molar-refractivity contribution is 9.10. The summed E-state index contributed by atoms with van der Waals surface area (Å²) in [6.45, 7) is 0. The van der Waals surface area contributed by atoms with Crippen molar-refractivity contribution in [1.82, 2.24) is 0 Å². The summed E-state index contributed by atoms with van der Waals surface area (Å²) in [5, 5.41) is 13.5. The van der Waals surface area contributed by atoms with E-state index in [9.17, 15) is 9.59 Å².